The molecule has 1 unspecified atom stereocenters. The summed E-state index contributed by atoms with van der Waals surface area (Å²) in [5.41, 5.74) is 4.74. The zero-order valence-corrected chi connectivity index (χ0v) is 9.23. The number of sulfone groups is 1. The van der Waals surface area contributed by atoms with Gasteiger partial charge in [0.25, 0.3) is 0 Å². The minimum Gasteiger partial charge on any atom is -0.349 e. The SMILES string of the molecule is C[C@@H](N)C(=O)NC1(C)CCS(=O)(=O)C1. The predicted octanol–water partition coefficient (Wildman–Crippen LogP) is -0.973. The van der Waals surface area contributed by atoms with Crippen LogP contribution in [0.5, 0.6) is 0 Å². The lowest BCUT2D eigenvalue weighted by Crippen LogP contribution is -2.51. The molecule has 1 aliphatic heterocycles. The number of rotatable bonds is 2. The van der Waals surface area contributed by atoms with Crippen molar-refractivity contribution in [2.75, 3.05) is 11.5 Å². The molecule has 0 bridgehead atoms. The van der Waals surface area contributed by atoms with Crippen molar-refractivity contribution in [3.05, 3.63) is 0 Å². The first-order valence-electron chi connectivity index (χ1n) is 4.52. The third kappa shape index (κ3) is 2.68. The van der Waals surface area contributed by atoms with Crippen molar-refractivity contribution in [1.82, 2.24) is 5.32 Å². The predicted molar refractivity (Wildman–Crippen MR) is 53.5 cm³/mol. The standard InChI is InChI=1S/C8H16N2O3S/c1-6(9)7(11)10-8(2)3-4-14(12,13)5-8/h6H,3-5,9H2,1-2H3,(H,10,11)/t6-,8?/m1/s1. The molecular formula is C8H16N2O3S. The van der Waals surface area contributed by atoms with Crippen LogP contribution in [0, 0.1) is 0 Å². The molecule has 1 saturated heterocycles. The smallest absolute Gasteiger partial charge is 0.237 e. The Labute approximate surface area is 84.0 Å². The molecule has 1 aliphatic rings. The lowest BCUT2D eigenvalue weighted by atomic mass is 10.0. The van der Waals surface area contributed by atoms with E-state index < -0.39 is 21.4 Å². The second-order valence-corrected chi connectivity index (χ2v) is 6.36. The van der Waals surface area contributed by atoms with Gasteiger partial charge in [-0.3, -0.25) is 4.79 Å². The van der Waals surface area contributed by atoms with E-state index in [0.29, 0.717) is 6.42 Å². The van der Waals surface area contributed by atoms with Gasteiger partial charge in [0, 0.05) is 0 Å². The van der Waals surface area contributed by atoms with Gasteiger partial charge in [-0.1, -0.05) is 0 Å². The third-order valence-corrected chi connectivity index (χ3v) is 4.24. The summed E-state index contributed by atoms with van der Waals surface area (Å²) in [6.07, 6.45) is 0.466. The van der Waals surface area contributed by atoms with Gasteiger partial charge in [-0.05, 0) is 20.3 Å². The number of hydrogen-bond acceptors (Lipinski definition) is 4. The minimum absolute atomic E-state index is 0.0124. The Morgan fingerprint density at radius 3 is 2.50 bits per heavy atom. The van der Waals surface area contributed by atoms with Crippen LogP contribution >= 0.6 is 0 Å². The Kier molecular flexibility index (Phi) is 2.87. The van der Waals surface area contributed by atoms with Crippen molar-refractivity contribution in [2.24, 2.45) is 5.73 Å². The zero-order valence-electron chi connectivity index (χ0n) is 8.41. The summed E-state index contributed by atoms with van der Waals surface area (Å²) >= 11 is 0. The molecule has 0 spiro atoms. The number of amides is 1. The maximum Gasteiger partial charge on any atom is 0.237 e. The van der Waals surface area contributed by atoms with Gasteiger partial charge in [-0.15, -0.1) is 0 Å². The Morgan fingerprint density at radius 1 is 1.57 bits per heavy atom. The Bertz CT molecular complexity index is 336. The molecule has 3 N–H and O–H groups in total. The lowest BCUT2D eigenvalue weighted by Gasteiger charge is -2.24. The van der Waals surface area contributed by atoms with Crippen molar-refractivity contribution in [2.45, 2.75) is 31.8 Å². The lowest BCUT2D eigenvalue weighted by molar-refractivity contribution is -0.123. The number of nitrogens with one attached hydrogen (secondary N) is 1. The van der Waals surface area contributed by atoms with Crippen LogP contribution in [0.15, 0.2) is 0 Å². The first-order chi connectivity index (χ1) is 6.24. The molecule has 2 atom stereocenters. The summed E-state index contributed by atoms with van der Waals surface area (Å²) in [6.45, 7) is 3.31. The van der Waals surface area contributed by atoms with Crippen LogP contribution in [0.3, 0.4) is 0 Å². The van der Waals surface area contributed by atoms with E-state index in [-0.39, 0.29) is 17.4 Å². The van der Waals surface area contributed by atoms with Crippen molar-refractivity contribution in [1.29, 1.82) is 0 Å². The summed E-state index contributed by atoms with van der Waals surface area (Å²) in [5, 5.41) is 2.67. The number of hydrogen-bond donors (Lipinski definition) is 2. The Morgan fingerprint density at radius 2 is 2.14 bits per heavy atom. The molecule has 82 valence electrons. The summed E-state index contributed by atoms with van der Waals surface area (Å²) in [4.78, 5) is 11.3. The van der Waals surface area contributed by atoms with E-state index in [1.54, 1.807) is 13.8 Å². The molecule has 14 heavy (non-hydrogen) atoms. The molecule has 1 fully saturated rings. The molecular weight excluding hydrogens is 204 g/mol. The van der Waals surface area contributed by atoms with Gasteiger partial charge in [0.1, 0.15) is 0 Å². The average Bonchev–Trinajstić information content (AvgIpc) is 2.25. The maximum absolute atomic E-state index is 11.3. The third-order valence-electron chi connectivity index (χ3n) is 2.34. The van der Waals surface area contributed by atoms with Gasteiger partial charge in [-0.2, -0.15) is 0 Å². The summed E-state index contributed by atoms with van der Waals surface area (Å²) < 4.78 is 22.4. The van der Waals surface area contributed by atoms with Crippen molar-refractivity contribution < 1.29 is 13.2 Å². The van der Waals surface area contributed by atoms with Crippen molar-refractivity contribution >= 4 is 15.7 Å². The van der Waals surface area contributed by atoms with Gasteiger partial charge in [0.2, 0.25) is 5.91 Å². The fourth-order valence-corrected chi connectivity index (χ4v) is 3.61. The Hall–Kier alpha value is -0.620. The van der Waals surface area contributed by atoms with Gasteiger partial charge < -0.3 is 11.1 Å². The van der Waals surface area contributed by atoms with Crippen LogP contribution in [0.25, 0.3) is 0 Å². The molecule has 6 heteroatoms. The molecule has 1 rings (SSSR count). The topological polar surface area (TPSA) is 89.3 Å². The highest BCUT2D eigenvalue weighted by Gasteiger charge is 2.39. The minimum atomic E-state index is -2.98. The quantitative estimate of drug-likeness (QED) is 0.626. The van der Waals surface area contributed by atoms with Crippen LogP contribution < -0.4 is 11.1 Å². The van der Waals surface area contributed by atoms with E-state index in [0.717, 1.165) is 0 Å². The van der Waals surface area contributed by atoms with Gasteiger partial charge in [-0.25, -0.2) is 8.42 Å². The van der Waals surface area contributed by atoms with E-state index >= 15 is 0 Å². The van der Waals surface area contributed by atoms with Crippen LogP contribution in [-0.2, 0) is 14.6 Å². The second-order valence-electron chi connectivity index (χ2n) is 4.18. The summed E-state index contributed by atoms with van der Waals surface area (Å²) in [7, 11) is -2.98. The summed E-state index contributed by atoms with van der Waals surface area (Å²) in [6, 6.07) is -0.602. The van der Waals surface area contributed by atoms with Gasteiger partial charge >= 0.3 is 0 Å². The molecule has 0 aromatic heterocycles. The first kappa shape index (κ1) is 11.5. The van der Waals surface area contributed by atoms with Crippen LogP contribution in [0.1, 0.15) is 20.3 Å². The molecule has 1 heterocycles. The maximum atomic E-state index is 11.3. The largest absolute Gasteiger partial charge is 0.349 e. The van der Waals surface area contributed by atoms with Gasteiger partial charge in [0.15, 0.2) is 9.84 Å². The first-order valence-corrected chi connectivity index (χ1v) is 6.34. The van der Waals surface area contributed by atoms with Gasteiger partial charge in [0.05, 0.1) is 23.1 Å². The molecule has 5 nitrogen and oxygen atoms in total. The highest BCUT2D eigenvalue weighted by molar-refractivity contribution is 7.91. The van der Waals surface area contributed by atoms with Crippen LogP contribution in [0.4, 0.5) is 0 Å². The van der Waals surface area contributed by atoms with E-state index in [1.165, 1.54) is 0 Å². The van der Waals surface area contributed by atoms with E-state index in [2.05, 4.69) is 5.32 Å². The molecule has 1 amide bonds. The molecule has 0 aromatic rings. The second kappa shape index (κ2) is 3.51. The average molecular weight is 220 g/mol. The number of nitrogens with two attached hydrogens (primary N) is 1. The van der Waals surface area contributed by atoms with E-state index in [9.17, 15) is 13.2 Å². The van der Waals surface area contributed by atoms with E-state index in [4.69, 9.17) is 5.73 Å². The fraction of sp³-hybridized carbons (Fsp3) is 0.875. The summed E-state index contributed by atoms with van der Waals surface area (Å²) in [5.74, 6) is -0.147. The highest BCUT2D eigenvalue weighted by Crippen LogP contribution is 2.22. The monoisotopic (exact) mass is 220 g/mol. The van der Waals surface area contributed by atoms with Crippen LogP contribution in [-0.4, -0.2) is 37.4 Å². The Balaban J connectivity index is 2.66. The highest BCUT2D eigenvalue weighted by atomic mass is 32.2. The fourth-order valence-electron chi connectivity index (χ4n) is 1.52. The normalized spacial score (nSPS) is 32.5. The number of carbonyl (C=O) groups excluding carboxylic acids is 1. The molecule has 0 aliphatic carbocycles. The van der Waals surface area contributed by atoms with Crippen molar-refractivity contribution in [3.8, 4) is 0 Å². The molecule has 0 saturated carbocycles. The molecule has 0 aromatic carbocycles. The zero-order chi connectivity index (χ0) is 11.0. The number of carbonyl (C=O) groups is 1. The van der Waals surface area contributed by atoms with Crippen LogP contribution in [0.2, 0.25) is 0 Å². The molecule has 0 radical (unpaired) electrons. The van der Waals surface area contributed by atoms with E-state index in [1.807, 2.05) is 0 Å². The van der Waals surface area contributed by atoms with Crippen molar-refractivity contribution in [3.63, 3.8) is 0 Å².